The van der Waals surface area contributed by atoms with Crippen molar-refractivity contribution in [1.29, 1.82) is 0 Å². The normalized spacial score (nSPS) is 17.4. The van der Waals surface area contributed by atoms with Crippen LogP contribution in [0, 0.1) is 11.8 Å². The van der Waals surface area contributed by atoms with Crippen LogP contribution in [0.15, 0.2) is 66.9 Å². The van der Waals surface area contributed by atoms with Crippen LogP contribution >= 0.6 is 12.4 Å². The predicted molar refractivity (Wildman–Crippen MR) is 160 cm³/mol. The van der Waals surface area contributed by atoms with Gasteiger partial charge in [0.25, 0.3) is 5.91 Å². The molecule has 232 valence electrons. The average Bonchev–Trinajstić information content (AvgIpc) is 3.56. The van der Waals surface area contributed by atoms with E-state index in [9.17, 15) is 22.8 Å². The Balaban J connectivity index is 0.00000442. The van der Waals surface area contributed by atoms with Gasteiger partial charge < -0.3 is 11.5 Å². The van der Waals surface area contributed by atoms with Crippen molar-refractivity contribution in [3.8, 4) is 22.5 Å². The van der Waals surface area contributed by atoms with Crippen molar-refractivity contribution in [2.45, 2.75) is 44.3 Å². The Hall–Kier alpha value is -4.20. The molecule has 1 aliphatic rings. The van der Waals surface area contributed by atoms with Crippen molar-refractivity contribution in [2.75, 3.05) is 11.4 Å². The molecule has 14 heteroatoms. The number of hydrogen-bond donors (Lipinski definition) is 3. The van der Waals surface area contributed by atoms with Gasteiger partial charge in [0, 0.05) is 23.2 Å². The molecule has 10 nitrogen and oxygen atoms in total. The van der Waals surface area contributed by atoms with Gasteiger partial charge in [0.1, 0.15) is 0 Å². The lowest BCUT2D eigenvalue weighted by Gasteiger charge is -2.32. The molecule has 2 amide bonds. The molecule has 2 aromatic carbocycles. The number of nitrogens with two attached hydrogens (primary N) is 2. The first-order valence-electron chi connectivity index (χ1n) is 13.9. The van der Waals surface area contributed by atoms with Gasteiger partial charge in [0.05, 0.1) is 11.7 Å². The highest BCUT2D eigenvalue weighted by Gasteiger charge is 2.36. The summed E-state index contributed by atoms with van der Waals surface area (Å²) in [6, 6.07) is 14.7. The molecule has 1 fully saturated rings. The van der Waals surface area contributed by atoms with Crippen LogP contribution in [0.3, 0.4) is 0 Å². The highest BCUT2D eigenvalue weighted by Crippen LogP contribution is 2.36. The summed E-state index contributed by atoms with van der Waals surface area (Å²) in [7, 11) is 0. The van der Waals surface area contributed by atoms with Crippen LogP contribution in [0.4, 0.5) is 18.9 Å². The lowest BCUT2D eigenvalue weighted by atomic mass is 9.81. The summed E-state index contributed by atoms with van der Waals surface area (Å²) in [4.78, 5) is 32.4. The van der Waals surface area contributed by atoms with Gasteiger partial charge in [-0.1, -0.05) is 30.3 Å². The Labute approximate surface area is 257 Å². The molecule has 0 unspecified atom stereocenters. The highest BCUT2D eigenvalue weighted by molar-refractivity contribution is 6.17. The van der Waals surface area contributed by atoms with Crippen LogP contribution in [-0.2, 0) is 22.2 Å². The first-order chi connectivity index (χ1) is 20.7. The predicted octanol–water partition coefficient (Wildman–Crippen LogP) is 4.56. The Kier molecular flexibility index (Phi) is 10.4. The molecule has 5 N–H and O–H groups in total. The second kappa shape index (κ2) is 14.1. The van der Waals surface area contributed by atoms with Crippen molar-refractivity contribution >= 4 is 29.9 Å². The molecule has 1 saturated carbocycles. The van der Waals surface area contributed by atoms with E-state index in [1.807, 2.05) is 0 Å². The number of nitrogens with one attached hydrogen (secondary N) is 1. The van der Waals surface area contributed by atoms with Gasteiger partial charge in [-0.15, -0.1) is 17.5 Å². The zero-order valence-electron chi connectivity index (χ0n) is 23.6. The molecule has 2 heterocycles. The minimum absolute atomic E-state index is 0. The molecule has 0 radical (unpaired) electrons. The molecular formula is C30H32ClF3N8O2. The number of anilines is 1. The minimum Gasteiger partial charge on any atom is -0.330 e. The summed E-state index contributed by atoms with van der Waals surface area (Å²) in [5, 5.41) is 13.7. The Bertz CT molecular complexity index is 1560. The molecule has 4 aromatic rings. The molecule has 1 aliphatic carbocycles. The van der Waals surface area contributed by atoms with Crippen LogP contribution in [-0.4, -0.2) is 50.0 Å². The van der Waals surface area contributed by atoms with Crippen LogP contribution in [0.2, 0.25) is 0 Å². The van der Waals surface area contributed by atoms with Gasteiger partial charge in [0.15, 0.2) is 11.5 Å². The quantitative estimate of drug-likeness (QED) is 0.256. The number of aromatic amines is 1. The van der Waals surface area contributed by atoms with E-state index in [0.29, 0.717) is 53.5 Å². The van der Waals surface area contributed by atoms with E-state index in [1.54, 1.807) is 48.5 Å². The summed E-state index contributed by atoms with van der Waals surface area (Å²) in [6.07, 6.45) is -0.748. The SMILES string of the molecule is Cl.NC[C@H]1CC[C@H](C(=O)N(C(=O)[C@@H](N)Cc2cccc(-c3cccnc3C(F)(F)F)c2)c2ccc(-c3nnn[nH]3)cc2)CC1. The molecule has 0 saturated heterocycles. The minimum atomic E-state index is -4.64. The zero-order valence-corrected chi connectivity index (χ0v) is 24.4. The van der Waals surface area contributed by atoms with Gasteiger partial charge >= 0.3 is 6.18 Å². The molecular weight excluding hydrogens is 597 g/mol. The number of tetrazole rings is 1. The first-order valence-corrected chi connectivity index (χ1v) is 13.9. The molecule has 1 atom stereocenters. The number of hydrogen-bond acceptors (Lipinski definition) is 8. The molecule has 0 aliphatic heterocycles. The molecule has 5 rings (SSSR count). The topological polar surface area (TPSA) is 157 Å². The first kappa shape index (κ1) is 32.7. The maximum atomic E-state index is 13.9. The summed E-state index contributed by atoms with van der Waals surface area (Å²) in [5.74, 6) is -0.552. The van der Waals surface area contributed by atoms with Gasteiger partial charge in [-0.2, -0.15) is 13.2 Å². The lowest BCUT2D eigenvalue weighted by Crippen LogP contribution is -2.50. The third-order valence-electron chi connectivity index (χ3n) is 7.80. The van der Waals surface area contributed by atoms with Crippen LogP contribution in [0.25, 0.3) is 22.5 Å². The summed E-state index contributed by atoms with van der Waals surface area (Å²) in [6.45, 7) is 0.551. The standard InChI is InChI=1S/C30H31F3N8O2.ClH/c31-30(32,33)26-24(5-2-14-36-26)22-4-1-3-19(15-22)16-25(35)29(43)41(28(42)21-8-6-18(17-34)7-9-21)23-12-10-20(11-13-23)27-37-39-40-38-27;/h1-5,10-15,18,21,25H,6-9,16-17,34-35H2,(H,37,38,39,40);1H/t18-,21-,25-;/m0./s1. The smallest absolute Gasteiger partial charge is 0.330 e. The van der Waals surface area contributed by atoms with Gasteiger partial charge in [-0.05, 0) is 96.5 Å². The Morgan fingerprint density at radius 1 is 1.00 bits per heavy atom. The summed E-state index contributed by atoms with van der Waals surface area (Å²) < 4.78 is 40.8. The van der Waals surface area contributed by atoms with Gasteiger partial charge in [0.2, 0.25) is 5.91 Å². The van der Waals surface area contributed by atoms with Gasteiger partial charge in [-0.3, -0.25) is 14.6 Å². The van der Waals surface area contributed by atoms with E-state index in [0.717, 1.165) is 23.9 Å². The Morgan fingerprint density at radius 2 is 1.73 bits per heavy atom. The van der Waals surface area contributed by atoms with Crippen LogP contribution in [0.1, 0.15) is 36.9 Å². The maximum Gasteiger partial charge on any atom is 0.433 e. The number of H-pyrrole nitrogens is 1. The number of nitrogens with zero attached hydrogens (tertiary/aromatic N) is 5. The van der Waals surface area contributed by atoms with E-state index in [2.05, 4.69) is 25.6 Å². The second-order valence-electron chi connectivity index (χ2n) is 10.7. The Morgan fingerprint density at radius 3 is 2.36 bits per heavy atom. The van der Waals surface area contributed by atoms with Crippen LogP contribution < -0.4 is 16.4 Å². The summed E-state index contributed by atoms with van der Waals surface area (Å²) in [5.41, 5.74) is 13.0. The van der Waals surface area contributed by atoms with E-state index >= 15 is 0 Å². The third kappa shape index (κ3) is 7.29. The van der Waals surface area contributed by atoms with E-state index in [-0.39, 0.29) is 36.2 Å². The van der Waals surface area contributed by atoms with E-state index < -0.39 is 23.8 Å². The van der Waals surface area contributed by atoms with E-state index in [4.69, 9.17) is 11.5 Å². The molecule has 0 bridgehead atoms. The second-order valence-corrected chi connectivity index (χ2v) is 10.7. The number of rotatable bonds is 8. The fourth-order valence-corrected chi connectivity index (χ4v) is 5.48. The fourth-order valence-electron chi connectivity index (χ4n) is 5.48. The number of imide groups is 1. The third-order valence-corrected chi connectivity index (χ3v) is 7.80. The maximum absolute atomic E-state index is 13.9. The van der Waals surface area contributed by atoms with Gasteiger partial charge in [-0.25, -0.2) is 10.00 Å². The number of halogens is 4. The molecule has 0 spiro atoms. The number of amides is 2. The number of pyridine rings is 1. The number of aromatic nitrogens is 5. The van der Waals surface area contributed by atoms with E-state index in [1.165, 1.54) is 12.1 Å². The van der Waals surface area contributed by atoms with Crippen molar-refractivity contribution < 1.29 is 22.8 Å². The van der Waals surface area contributed by atoms with Crippen molar-refractivity contribution in [3.63, 3.8) is 0 Å². The number of carbonyl (C=O) groups is 2. The fraction of sp³-hybridized carbons (Fsp3) is 0.333. The monoisotopic (exact) mass is 628 g/mol. The van der Waals surface area contributed by atoms with Crippen molar-refractivity contribution in [3.05, 3.63) is 78.1 Å². The lowest BCUT2D eigenvalue weighted by molar-refractivity contribution is -0.140. The van der Waals surface area contributed by atoms with Crippen molar-refractivity contribution in [1.82, 2.24) is 25.6 Å². The van der Waals surface area contributed by atoms with Crippen molar-refractivity contribution in [2.24, 2.45) is 23.3 Å². The average molecular weight is 629 g/mol. The summed E-state index contributed by atoms with van der Waals surface area (Å²) >= 11 is 0. The molecule has 44 heavy (non-hydrogen) atoms. The zero-order chi connectivity index (χ0) is 30.6. The van der Waals surface area contributed by atoms with Crippen LogP contribution in [0.5, 0.6) is 0 Å². The molecule has 2 aromatic heterocycles. The number of benzene rings is 2. The largest absolute Gasteiger partial charge is 0.433 e. The number of alkyl halides is 3. The highest BCUT2D eigenvalue weighted by atomic mass is 35.5. The number of carbonyl (C=O) groups excluding carboxylic acids is 2.